The number of rotatable bonds is 5. The molecule has 0 spiro atoms. The van der Waals surface area contributed by atoms with Gasteiger partial charge >= 0.3 is 5.97 Å². The summed E-state index contributed by atoms with van der Waals surface area (Å²) in [6.45, 7) is 6.74. The third-order valence-corrected chi connectivity index (χ3v) is 4.05. The monoisotopic (exact) mass is 328 g/mol. The van der Waals surface area contributed by atoms with Crippen LogP contribution in [0.5, 0.6) is 0 Å². The predicted molar refractivity (Wildman–Crippen MR) is 88.1 cm³/mol. The lowest BCUT2D eigenvalue weighted by atomic mass is 9.90. The van der Waals surface area contributed by atoms with Crippen LogP contribution in [0.2, 0.25) is 0 Å². The summed E-state index contributed by atoms with van der Waals surface area (Å²) in [5.41, 5.74) is -0.463. The summed E-state index contributed by atoms with van der Waals surface area (Å²) in [6, 6.07) is 10.8. The maximum atomic E-state index is 12.2. The number of hydrogen-bond acceptors (Lipinski definition) is 5. The second kappa shape index (κ2) is 6.75. The zero-order chi connectivity index (χ0) is 17.9. The van der Waals surface area contributed by atoms with Crippen LogP contribution in [0.4, 0.5) is 0 Å². The van der Waals surface area contributed by atoms with Crippen LogP contribution < -0.4 is 5.32 Å². The van der Waals surface area contributed by atoms with Crippen LogP contribution in [0.1, 0.15) is 38.2 Å². The van der Waals surface area contributed by atoms with Gasteiger partial charge in [0, 0.05) is 5.39 Å². The first kappa shape index (κ1) is 17.5. The molecule has 6 heteroatoms. The molecule has 1 aromatic heterocycles. The minimum Gasteiger partial charge on any atom is -0.449 e. The highest BCUT2D eigenvalue weighted by molar-refractivity contribution is 5.94. The van der Waals surface area contributed by atoms with Crippen molar-refractivity contribution in [3.63, 3.8) is 0 Å². The fourth-order valence-electron chi connectivity index (χ4n) is 2.01. The van der Waals surface area contributed by atoms with Gasteiger partial charge in [0.05, 0.1) is 6.07 Å². The molecule has 0 unspecified atom stereocenters. The molecule has 1 aromatic carbocycles. The largest absolute Gasteiger partial charge is 0.449 e. The number of amides is 1. The van der Waals surface area contributed by atoms with E-state index in [1.807, 2.05) is 26.0 Å². The first-order valence-electron chi connectivity index (χ1n) is 7.69. The molecule has 0 fully saturated rings. The van der Waals surface area contributed by atoms with E-state index in [-0.39, 0.29) is 11.7 Å². The van der Waals surface area contributed by atoms with Crippen LogP contribution >= 0.6 is 0 Å². The second-order valence-electron chi connectivity index (χ2n) is 6.15. The molecule has 0 radical (unpaired) electrons. The Labute approximate surface area is 140 Å². The van der Waals surface area contributed by atoms with Crippen LogP contribution in [0.25, 0.3) is 11.0 Å². The van der Waals surface area contributed by atoms with Crippen molar-refractivity contribution in [2.24, 2.45) is 5.92 Å². The van der Waals surface area contributed by atoms with E-state index >= 15 is 0 Å². The molecule has 2 atom stereocenters. The van der Waals surface area contributed by atoms with Gasteiger partial charge in [0.2, 0.25) is 5.76 Å². The molecule has 1 heterocycles. The van der Waals surface area contributed by atoms with Gasteiger partial charge in [0.25, 0.3) is 5.91 Å². The molecule has 24 heavy (non-hydrogen) atoms. The van der Waals surface area contributed by atoms with Gasteiger partial charge in [0.1, 0.15) is 11.1 Å². The number of nitrogens with zero attached hydrogens (tertiary/aromatic N) is 1. The molecule has 126 valence electrons. The maximum Gasteiger partial charge on any atom is 0.375 e. The molecular formula is C18H20N2O4. The van der Waals surface area contributed by atoms with E-state index in [1.165, 1.54) is 6.92 Å². The number of carbonyl (C=O) groups is 2. The van der Waals surface area contributed by atoms with Crippen molar-refractivity contribution in [2.45, 2.75) is 39.3 Å². The minimum absolute atomic E-state index is 0.0303. The van der Waals surface area contributed by atoms with Crippen molar-refractivity contribution in [1.29, 1.82) is 5.26 Å². The smallest absolute Gasteiger partial charge is 0.375 e. The summed E-state index contributed by atoms with van der Waals surface area (Å²) < 4.78 is 10.6. The van der Waals surface area contributed by atoms with Crippen molar-refractivity contribution < 1.29 is 18.7 Å². The molecule has 1 N–H and O–H groups in total. The Morgan fingerprint density at radius 1 is 1.29 bits per heavy atom. The SMILES string of the molecule is CC(C)[C@@](C)(C#N)NC(=O)[C@H](C)OC(=O)c1cc2ccccc2o1. The van der Waals surface area contributed by atoms with Crippen molar-refractivity contribution in [3.8, 4) is 6.07 Å². The number of para-hydroxylation sites is 1. The molecule has 2 rings (SSSR count). The Hall–Kier alpha value is -2.81. The zero-order valence-electron chi connectivity index (χ0n) is 14.1. The third kappa shape index (κ3) is 3.57. The summed E-state index contributed by atoms with van der Waals surface area (Å²) in [5, 5.41) is 12.6. The van der Waals surface area contributed by atoms with Gasteiger partial charge in [-0.2, -0.15) is 5.26 Å². The van der Waals surface area contributed by atoms with Crippen molar-refractivity contribution in [2.75, 3.05) is 0 Å². The third-order valence-electron chi connectivity index (χ3n) is 4.05. The fourth-order valence-corrected chi connectivity index (χ4v) is 2.01. The Morgan fingerprint density at radius 2 is 1.96 bits per heavy atom. The van der Waals surface area contributed by atoms with Gasteiger partial charge in [-0.25, -0.2) is 4.79 Å². The molecule has 0 aliphatic rings. The van der Waals surface area contributed by atoms with Gasteiger partial charge in [-0.1, -0.05) is 32.0 Å². The van der Waals surface area contributed by atoms with Gasteiger partial charge in [-0.05, 0) is 31.9 Å². The maximum absolute atomic E-state index is 12.2. The number of fused-ring (bicyclic) bond motifs is 1. The van der Waals surface area contributed by atoms with E-state index < -0.39 is 23.5 Å². The molecular weight excluding hydrogens is 308 g/mol. The summed E-state index contributed by atoms with van der Waals surface area (Å²) in [7, 11) is 0. The van der Waals surface area contributed by atoms with Crippen molar-refractivity contribution in [3.05, 3.63) is 36.1 Å². The van der Waals surface area contributed by atoms with Crippen LogP contribution in [-0.4, -0.2) is 23.5 Å². The van der Waals surface area contributed by atoms with Crippen LogP contribution in [-0.2, 0) is 9.53 Å². The van der Waals surface area contributed by atoms with E-state index in [0.29, 0.717) is 5.58 Å². The van der Waals surface area contributed by atoms with Gasteiger partial charge < -0.3 is 14.5 Å². The lowest BCUT2D eigenvalue weighted by Gasteiger charge is -2.28. The second-order valence-corrected chi connectivity index (χ2v) is 6.15. The van der Waals surface area contributed by atoms with Gasteiger partial charge in [-0.3, -0.25) is 4.79 Å². The van der Waals surface area contributed by atoms with Crippen molar-refractivity contribution in [1.82, 2.24) is 5.32 Å². The Balaban J connectivity index is 2.05. The Kier molecular flexibility index (Phi) is 4.93. The van der Waals surface area contributed by atoms with E-state index in [0.717, 1.165) is 5.39 Å². The topological polar surface area (TPSA) is 92.3 Å². The van der Waals surface area contributed by atoms with Gasteiger partial charge in [-0.15, -0.1) is 0 Å². The number of ether oxygens (including phenoxy) is 1. The van der Waals surface area contributed by atoms with Crippen LogP contribution in [0.15, 0.2) is 34.7 Å². The summed E-state index contributed by atoms with van der Waals surface area (Å²) >= 11 is 0. The summed E-state index contributed by atoms with van der Waals surface area (Å²) in [4.78, 5) is 24.3. The fraction of sp³-hybridized carbons (Fsp3) is 0.389. The van der Waals surface area contributed by atoms with E-state index in [2.05, 4.69) is 11.4 Å². The van der Waals surface area contributed by atoms with E-state index in [1.54, 1.807) is 25.1 Å². The molecule has 0 saturated heterocycles. The van der Waals surface area contributed by atoms with Gasteiger partial charge in [0.15, 0.2) is 6.10 Å². The number of furan rings is 1. The highest BCUT2D eigenvalue weighted by atomic mass is 16.6. The number of esters is 1. The first-order valence-corrected chi connectivity index (χ1v) is 7.69. The number of carbonyl (C=O) groups excluding carboxylic acids is 2. The summed E-state index contributed by atoms with van der Waals surface area (Å²) in [6.07, 6.45) is -1.04. The summed E-state index contributed by atoms with van der Waals surface area (Å²) in [5.74, 6) is -1.32. The molecule has 0 bridgehead atoms. The zero-order valence-corrected chi connectivity index (χ0v) is 14.1. The average molecular weight is 328 g/mol. The molecule has 0 saturated carbocycles. The number of hydrogen-bond donors (Lipinski definition) is 1. The lowest BCUT2D eigenvalue weighted by Crippen LogP contribution is -2.52. The molecule has 0 aliphatic heterocycles. The molecule has 1 amide bonds. The highest BCUT2D eigenvalue weighted by Crippen LogP contribution is 2.20. The minimum atomic E-state index is -1.04. The van der Waals surface area contributed by atoms with Crippen LogP contribution in [0.3, 0.4) is 0 Å². The molecule has 6 nitrogen and oxygen atoms in total. The average Bonchev–Trinajstić information content (AvgIpc) is 2.98. The number of benzene rings is 1. The van der Waals surface area contributed by atoms with Crippen LogP contribution in [0, 0.1) is 17.2 Å². The van der Waals surface area contributed by atoms with E-state index in [4.69, 9.17) is 9.15 Å². The number of nitriles is 1. The molecule has 0 aliphatic carbocycles. The predicted octanol–water partition coefficient (Wildman–Crippen LogP) is 3.03. The first-order chi connectivity index (χ1) is 11.3. The number of nitrogens with one attached hydrogen (secondary N) is 1. The highest BCUT2D eigenvalue weighted by Gasteiger charge is 2.33. The normalized spacial score (nSPS) is 14.7. The Bertz CT molecular complexity index is 770. The quantitative estimate of drug-likeness (QED) is 0.852. The van der Waals surface area contributed by atoms with E-state index in [9.17, 15) is 14.9 Å². The Morgan fingerprint density at radius 3 is 2.54 bits per heavy atom. The lowest BCUT2D eigenvalue weighted by molar-refractivity contribution is -0.130. The molecule has 2 aromatic rings. The van der Waals surface area contributed by atoms with Crippen molar-refractivity contribution >= 4 is 22.8 Å². The standard InChI is InChI=1S/C18H20N2O4/c1-11(2)18(4,10-19)20-16(21)12(3)23-17(22)15-9-13-7-5-6-8-14(13)24-15/h5-9,11-12H,1-4H3,(H,20,21)/t12-,18+/m0/s1.